The van der Waals surface area contributed by atoms with E-state index in [1.165, 1.54) is 31.2 Å². The highest BCUT2D eigenvalue weighted by Gasteiger charge is 2.32. The second-order valence-electron chi connectivity index (χ2n) is 13.0. The fourth-order valence-electron chi connectivity index (χ4n) is 6.44. The number of rotatable bonds is 14. The maximum Gasteiger partial charge on any atom is 0.339 e. The minimum atomic E-state index is -0.300. The van der Waals surface area contributed by atoms with Crippen molar-refractivity contribution < 1.29 is 19.1 Å². The Bertz CT molecular complexity index is 1380. The number of esters is 1. The van der Waals surface area contributed by atoms with Gasteiger partial charge in [0.1, 0.15) is 11.9 Å². The number of hydrazine groups is 1. The molecule has 0 N–H and O–H groups in total. The topological polar surface area (TPSA) is 62.3 Å². The second kappa shape index (κ2) is 17.9. The van der Waals surface area contributed by atoms with Gasteiger partial charge in [-0.15, -0.1) is 0 Å². The zero-order chi connectivity index (χ0) is 32.8. The van der Waals surface area contributed by atoms with E-state index in [9.17, 15) is 9.59 Å². The Morgan fingerprint density at radius 1 is 0.723 bits per heavy atom. The van der Waals surface area contributed by atoms with Crippen molar-refractivity contribution in [3.8, 4) is 16.9 Å². The van der Waals surface area contributed by atoms with E-state index < -0.39 is 0 Å². The van der Waals surface area contributed by atoms with Crippen LogP contribution in [0.1, 0.15) is 100 Å². The largest absolute Gasteiger partial charge is 0.494 e. The number of piperidine rings is 2. The molecule has 47 heavy (non-hydrogen) atoms. The van der Waals surface area contributed by atoms with Gasteiger partial charge in [0.2, 0.25) is 0 Å². The van der Waals surface area contributed by atoms with E-state index in [0.717, 1.165) is 80.8 Å². The number of carbonyl (C=O) groups excluding carboxylic acids is 2. The smallest absolute Gasteiger partial charge is 0.339 e. The summed E-state index contributed by atoms with van der Waals surface area (Å²) in [6.45, 7) is 8.06. The Hall–Kier alpha value is -3.84. The van der Waals surface area contributed by atoms with E-state index in [1.54, 1.807) is 0 Å². The number of hydrogen-bond donors (Lipinski definition) is 0. The van der Waals surface area contributed by atoms with E-state index >= 15 is 0 Å². The molecule has 2 fully saturated rings. The first kappa shape index (κ1) is 34.5. The van der Waals surface area contributed by atoms with Crippen molar-refractivity contribution in [3.63, 3.8) is 0 Å². The number of benzene rings is 3. The number of unbranched alkanes of at least 4 members (excludes halogenated alkanes) is 4. The summed E-state index contributed by atoms with van der Waals surface area (Å²) in [5.74, 6) is 0.585. The SMILES string of the molecule is CCCCCCOc1ccc(-c2ccc(C(=O)OC3CCN(N(C(=O)N4CCCCC4)c4ccc(CCCC)cc4)CC3)cc2)cc1. The maximum atomic E-state index is 13.8. The average molecular weight is 640 g/mol. The van der Waals surface area contributed by atoms with Gasteiger partial charge in [-0.25, -0.2) is 19.6 Å². The summed E-state index contributed by atoms with van der Waals surface area (Å²) in [5.41, 5.74) is 4.88. The molecule has 0 saturated carbocycles. The molecule has 2 amide bonds. The Morgan fingerprint density at radius 3 is 2.00 bits per heavy atom. The van der Waals surface area contributed by atoms with Gasteiger partial charge in [-0.3, -0.25) is 0 Å². The molecule has 0 radical (unpaired) electrons. The van der Waals surface area contributed by atoms with Gasteiger partial charge in [-0.1, -0.05) is 75.9 Å². The zero-order valence-electron chi connectivity index (χ0n) is 28.5. The van der Waals surface area contributed by atoms with Crippen LogP contribution >= 0.6 is 0 Å². The van der Waals surface area contributed by atoms with Crippen molar-refractivity contribution in [2.45, 2.75) is 97.0 Å². The van der Waals surface area contributed by atoms with Crippen molar-refractivity contribution in [1.82, 2.24) is 9.91 Å². The van der Waals surface area contributed by atoms with Crippen LogP contribution in [-0.2, 0) is 11.2 Å². The molecule has 0 atom stereocenters. The molecule has 3 aromatic rings. The Balaban J connectivity index is 1.15. The van der Waals surface area contributed by atoms with Crippen LogP contribution in [0, 0.1) is 0 Å². The molecule has 2 aliphatic heterocycles. The molecule has 0 bridgehead atoms. The molecule has 3 aromatic carbocycles. The number of urea groups is 1. The lowest BCUT2D eigenvalue weighted by Gasteiger charge is -2.42. The zero-order valence-corrected chi connectivity index (χ0v) is 28.5. The normalized spacial score (nSPS) is 15.7. The quantitative estimate of drug-likeness (QED) is 0.130. The van der Waals surface area contributed by atoms with Gasteiger partial charge in [0.15, 0.2) is 0 Å². The fraction of sp³-hybridized carbons (Fsp3) is 0.500. The van der Waals surface area contributed by atoms with E-state index in [-0.39, 0.29) is 18.1 Å². The van der Waals surface area contributed by atoms with Gasteiger partial charge < -0.3 is 14.4 Å². The van der Waals surface area contributed by atoms with Crippen LogP contribution in [0.15, 0.2) is 72.8 Å². The van der Waals surface area contributed by atoms with Gasteiger partial charge in [0, 0.05) is 26.2 Å². The molecule has 0 spiro atoms. The van der Waals surface area contributed by atoms with Crippen molar-refractivity contribution in [2.24, 2.45) is 0 Å². The van der Waals surface area contributed by atoms with Crippen LogP contribution in [0.4, 0.5) is 10.5 Å². The minimum Gasteiger partial charge on any atom is -0.494 e. The molecule has 0 aromatic heterocycles. The molecule has 0 aliphatic carbocycles. The number of hydrogen-bond acceptors (Lipinski definition) is 5. The van der Waals surface area contributed by atoms with Gasteiger partial charge in [-0.2, -0.15) is 0 Å². The number of amides is 2. The van der Waals surface area contributed by atoms with Crippen LogP contribution in [-0.4, -0.2) is 60.8 Å². The summed E-state index contributed by atoms with van der Waals surface area (Å²) >= 11 is 0. The Kier molecular flexibility index (Phi) is 13.1. The lowest BCUT2D eigenvalue weighted by Crippen LogP contribution is -2.56. The third-order valence-corrected chi connectivity index (χ3v) is 9.36. The molecule has 2 aliphatic rings. The monoisotopic (exact) mass is 639 g/mol. The van der Waals surface area contributed by atoms with Crippen LogP contribution < -0.4 is 9.75 Å². The minimum absolute atomic E-state index is 0.0473. The van der Waals surface area contributed by atoms with Crippen molar-refractivity contribution in [2.75, 3.05) is 37.8 Å². The van der Waals surface area contributed by atoms with E-state index in [0.29, 0.717) is 31.5 Å². The second-order valence-corrected chi connectivity index (χ2v) is 13.0. The molecular formula is C40H53N3O4. The number of likely N-dealkylation sites (tertiary alicyclic amines) is 1. The first-order chi connectivity index (χ1) is 23.1. The number of aryl methyl sites for hydroxylation is 1. The van der Waals surface area contributed by atoms with Gasteiger partial charge in [0.25, 0.3) is 0 Å². The molecule has 252 valence electrons. The molecule has 5 rings (SSSR count). The third kappa shape index (κ3) is 9.83. The number of anilines is 1. The summed E-state index contributed by atoms with van der Waals surface area (Å²) in [7, 11) is 0. The summed E-state index contributed by atoms with van der Waals surface area (Å²) < 4.78 is 11.8. The molecule has 2 heterocycles. The van der Waals surface area contributed by atoms with Crippen molar-refractivity contribution in [3.05, 3.63) is 83.9 Å². The van der Waals surface area contributed by atoms with Gasteiger partial charge in [0.05, 0.1) is 17.9 Å². The van der Waals surface area contributed by atoms with Crippen molar-refractivity contribution >= 4 is 17.7 Å². The molecule has 2 saturated heterocycles. The highest BCUT2D eigenvalue weighted by Crippen LogP contribution is 2.27. The predicted molar refractivity (Wildman–Crippen MR) is 190 cm³/mol. The van der Waals surface area contributed by atoms with Gasteiger partial charge >= 0.3 is 12.0 Å². The highest BCUT2D eigenvalue weighted by molar-refractivity contribution is 5.91. The number of carbonyl (C=O) groups is 2. The van der Waals surface area contributed by atoms with Crippen LogP contribution in [0.3, 0.4) is 0 Å². The maximum absolute atomic E-state index is 13.8. The fourth-order valence-corrected chi connectivity index (χ4v) is 6.44. The first-order valence-corrected chi connectivity index (χ1v) is 18.0. The van der Waals surface area contributed by atoms with Crippen LogP contribution in [0.2, 0.25) is 0 Å². The lowest BCUT2D eigenvalue weighted by atomic mass is 10.0. The van der Waals surface area contributed by atoms with E-state index in [1.807, 2.05) is 46.3 Å². The van der Waals surface area contributed by atoms with Crippen LogP contribution in [0.25, 0.3) is 11.1 Å². The van der Waals surface area contributed by atoms with Gasteiger partial charge in [-0.05, 0) is 104 Å². The molecule has 7 heteroatoms. The molecular weight excluding hydrogens is 586 g/mol. The summed E-state index contributed by atoms with van der Waals surface area (Å²) in [6.07, 6.45) is 12.6. The van der Waals surface area contributed by atoms with E-state index in [2.05, 4.69) is 55.3 Å². The summed E-state index contributed by atoms with van der Waals surface area (Å²) in [4.78, 5) is 28.9. The van der Waals surface area contributed by atoms with Crippen molar-refractivity contribution in [1.29, 1.82) is 0 Å². The highest BCUT2D eigenvalue weighted by atomic mass is 16.5. The first-order valence-electron chi connectivity index (χ1n) is 18.0. The number of ether oxygens (including phenoxy) is 2. The summed E-state index contributed by atoms with van der Waals surface area (Å²) in [6, 6.07) is 24.3. The third-order valence-electron chi connectivity index (χ3n) is 9.36. The van der Waals surface area contributed by atoms with Crippen LogP contribution in [0.5, 0.6) is 5.75 Å². The molecule has 0 unspecified atom stereocenters. The average Bonchev–Trinajstić information content (AvgIpc) is 3.12. The Labute approximate surface area is 281 Å². The van der Waals surface area contributed by atoms with E-state index in [4.69, 9.17) is 9.47 Å². The number of nitrogens with zero attached hydrogens (tertiary/aromatic N) is 3. The lowest BCUT2D eigenvalue weighted by molar-refractivity contribution is 0.0102. The predicted octanol–water partition coefficient (Wildman–Crippen LogP) is 9.30. The summed E-state index contributed by atoms with van der Waals surface area (Å²) in [5, 5.41) is 4.01. The Morgan fingerprint density at radius 2 is 1.36 bits per heavy atom. The standard InChI is InChI=1S/C40H53N3O4/c1-3-5-7-11-31-46-37-23-19-34(20-24-37)33-15-17-35(18-16-33)39(44)47-38-25-29-42(30-26-38)43(40(45)41-27-9-8-10-28-41)36-21-13-32(14-22-36)12-6-4-2/h13-24,38H,3-12,25-31H2,1-2H3. The molecule has 7 nitrogen and oxygen atoms in total.